The van der Waals surface area contributed by atoms with Gasteiger partial charge in [0, 0.05) is 22.6 Å². The Hall–Kier alpha value is -0.750. The Bertz CT molecular complexity index is 501. The normalized spacial score (nSPS) is 26.6. The quantitative estimate of drug-likeness (QED) is 0.868. The van der Waals surface area contributed by atoms with Crippen molar-refractivity contribution in [2.75, 3.05) is 6.26 Å². The molecule has 0 unspecified atom stereocenters. The Morgan fingerprint density at radius 3 is 2.95 bits per heavy atom. The highest BCUT2D eigenvalue weighted by Gasteiger charge is 2.29. The summed E-state index contributed by atoms with van der Waals surface area (Å²) in [6.45, 7) is 2.01. The molecule has 3 atom stereocenters. The van der Waals surface area contributed by atoms with Crippen molar-refractivity contribution in [2.24, 2.45) is 0 Å². The predicted octanol–water partition coefficient (Wildman–Crippen LogP) is 3.66. The molecule has 21 heavy (non-hydrogen) atoms. The number of hydrogen-bond donors (Lipinski definition) is 2. The molecule has 2 aliphatic rings. The first kappa shape index (κ1) is 15.2. The summed E-state index contributed by atoms with van der Waals surface area (Å²) in [7, 11) is 0. The van der Waals surface area contributed by atoms with Crippen molar-refractivity contribution in [3.8, 4) is 0 Å². The van der Waals surface area contributed by atoms with Crippen molar-refractivity contribution >= 4 is 29.1 Å². The van der Waals surface area contributed by atoms with Crippen LogP contribution in [0.3, 0.4) is 0 Å². The van der Waals surface area contributed by atoms with Gasteiger partial charge >= 0.3 is 6.03 Å². The van der Waals surface area contributed by atoms with Gasteiger partial charge in [-0.1, -0.05) is 6.42 Å². The van der Waals surface area contributed by atoms with Gasteiger partial charge in [0.05, 0.1) is 16.7 Å². The molecule has 0 radical (unpaired) electrons. The third-order valence-corrected chi connectivity index (χ3v) is 6.52. The molecular formula is C15H23N3OS2. The molecule has 4 nitrogen and oxygen atoms in total. The van der Waals surface area contributed by atoms with Gasteiger partial charge in [-0.3, -0.25) is 0 Å². The van der Waals surface area contributed by atoms with Crippen LogP contribution in [0.15, 0.2) is 5.38 Å². The lowest BCUT2D eigenvalue weighted by Crippen LogP contribution is -2.45. The lowest BCUT2D eigenvalue weighted by molar-refractivity contribution is 0.234. The fourth-order valence-electron chi connectivity index (χ4n) is 2.87. The zero-order valence-electron chi connectivity index (χ0n) is 12.6. The standard InChI is InChI=1S/C15H23N3OS2/c1-9(12-8-21-14(17-12)10-6-7-10)16-15(19)18-11-4-3-5-13(11)20-2/h8-11,13H,3-7H2,1-2H3,(H2,16,18,19)/t9-,11-,13-/m1/s1. The minimum Gasteiger partial charge on any atom is -0.334 e. The molecule has 2 fully saturated rings. The van der Waals surface area contributed by atoms with E-state index in [1.54, 1.807) is 11.3 Å². The number of hydrogen-bond acceptors (Lipinski definition) is 4. The van der Waals surface area contributed by atoms with Crippen LogP contribution in [0.2, 0.25) is 0 Å². The van der Waals surface area contributed by atoms with Crippen molar-refractivity contribution in [3.05, 3.63) is 16.1 Å². The molecule has 0 aliphatic heterocycles. The third kappa shape index (κ3) is 3.72. The van der Waals surface area contributed by atoms with Crippen LogP contribution in [0.25, 0.3) is 0 Å². The first-order chi connectivity index (χ1) is 10.2. The molecule has 2 aliphatic carbocycles. The summed E-state index contributed by atoms with van der Waals surface area (Å²) in [4.78, 5) is 16.8. The number of amides is 2. The van der Waals surface area contributed by atoms with Gasteiger partial charge in [0.25, 0.3) is 0 Å². The highest BCUT2D eigenvalue weighted by atomic mass is 32.2. The van der Waals surface area contributed by atoms with Gasteiger partial charge in [0.1, 0.15) is 0 Å². The molecule has 3 rings (SSSR count). The van der Waals surface area contributed by atoms with Crippen molar-refractivity contribution in [3.63, 3.8) is 0 Å². The summed E-state index contributed by atoms with van der Waals surface area (Å²) < 4.78 is 0. The van der Waals surface area contributed by atoms with E-state index in [4.69, 9.17) is 0 Å². The average molecular weight is 326 g/mol. The first-order valence-electron chi connectivity index (χ1n) is 7.72. The highest BCUT2D eigenvalue weighted by Crippen LogP contribution is 2.41. The van der Waals surface area contributed by atoms with Crippen molar-refractivity contribution < 1.29 is 4.79 Å². The van der Waals surface area contributed by atoms with Gasteiger partial charge in [0.15, 0.2) is 0 Å². The number of urea groups is 1. The van der Waals surface area contributed by atoms with Crippen LogP contribution >= 0.6 is 23.1 Å². The van der Waals surface area contributed by atoms with E-state index in [1.807, 2.05) is 18.7 Å². The maximum Gasteiger partial charge on any atom is 0.315 e. The molecule has 1 aromatic heterocycles. The zero-order valence-corrected chi connectivity index (χ0v) is 14.2. The van der Waals surface area contributed by atoms with E-state index in [2.05, 4.69) is 27.3 Å². The molecule has 0 aromatic carbocycles. The van der Waals surface area contributed by atoms with Gasteiger partial charge in [-0.2, -0.15) is 11.8 Å². The average Bonchev–Trinajstić information content (AvgIpc) is 3.02. The molecule has 2 saturated carbocycles. The Labute approximate surface area is 134 Å². The first-order valence-corrected chi connectivity index (χ1v) is 9.89. The van der Waals surface area contributed by atoms with Gasteiger partial charge in [-0.15, -0.1) is 11.3 Å². The van der Waals surface area contributed by atoms with E-state index in [9.17, 15) is 4.79 Å². The minimum absolute atomic E-state index is 0.0251. The van der Waals surface area contributed by atoms with Gasteiger partial charge in [-0.25, -0.2) is 9.78 Å². The van der Waals surface area contributed by atoms with Crippen molar-refractivity contribution in [1.29, 1.82) is 0 Å². The summed E-state index contributed by atoms with van der Waals surface area (Å²) in [6.07, 6.45) is 8.18. The van der Waals surface area contributed by atoms with Crippen molar-refractivity contribution in [1.82, 2.24) is 15.6 Å². The summed E-state index contributed by atoms with van der Waals surface area (Å²) in [6, 6.07) is 0.224. The van der Waals surface area contributed by atoms with Gasteiger partial charge in [-0.05, 0) is 38.9 Å². The summed E-state index contributed by atoms with van der Waals surface area (Å²) in [5.41, 5.74) is 0.991. The van der Waals surface area contributed by atoms with E-state index in [1.165, 1.54) is 30.7 Å². The number of aromatic nitrogens is 1. The number of carbonyl (C=O) groups is 1. The van der Waals surface area contributed by atoms with Crippen LogP contribution in [0.5, 0.6) is 0 Å². The number of thioether (sulfide) groups is 1. The monoisotopic (exact) mass is 325 g/mol. The number of carbonyl (C=O) groups excluding carboxylic acids is 1. The van der Waals surface area contributed by atoms with E-state index < -0.39 is 0 Å². The third-order valence-electron chi connectivity index (χ3n) is 4.33. The SMILES string of the molecule is CS[C@@H]1CCC[C@H]1NC(=O)N[C@H](C)c1csc(C2CC2)n1. The molecule has 0 saturated heterocycles. The Kier molecular flexibility index (Phi) is 4.74. The summed E-state index contributed by atoms with van der Waals surface area (Å²) in [5, 5.41) is 10.0. The molecule has 116 valence electrons. The Morgan fingerprint density at radius 1 is 1.43 bits per heavy atom. The van der Waals surface area contributed by atoms with Crippen LogP contribution < -0.4 is 10.6 Å². The zero-order chi connectivity index (χ0) is 14.8. The second-order valence-corrected chi connectivity index (χ2v) is 8.00. The van der Waals surface area contributed by atoms with Crippen LogP contribution in [0, 0.1) is 0 Å². The Morgan fingerprint density at radius 2 is 2.24 bits per heavy atom. The van der Waals surface area contributed by atoms with E-state index in [0.717, 1.165) is 12.1 Å². The largest absolute Gasteiger partial charge is 0.334 e. The lowest BCUT2D eigenvalue weighted by atomic mass is 10.2. The maximum atomic E-state index is 12.1. The molecular weight excluding hydrogens is 302 g/mol. The van der Waals surface area contributed by atoms with Crippen LogP contribution in [-0.4, -0.2) is 28.6 Å². The molecule has 1 aromatic rings. The fraction of sp³-hybridized carbons (Fsp3) is 0.733. The number of nitrogens with one attached hydrogen (secondary N) is 2. The van der Waals surface area contributed by atoms with Crippen LogP contribution in [0.1, 0.15) is 61.7 Å². The van der Waals surface area contributed by atoms with Crippen LogP contribution in [-0.2, 0) is 0 Å². The molecule has 1 heterocycles. The fourth-order valence-corrected chi connectivity index (χ4v) is 4.89. The van der Waals surface area contributed by atoms with E-state index in [0.29, 0.717) is 17.2 Å². The summed E-state index contributed by atoms with van der Waals surface area (Å²) in [5.74, 6) is 0.686. The Balaban J connectivity index is 1.51. The molecule has 0 bridgehead atoms. The molecule has 2 amide bonds. The molecule has 2 N–H and O–H groups in total. The van der Waals surface area contributed by atoms with Gasteiger partial charge in [0.2, 0.25) is 0 Å². The smallest absolute Gasteiger partial charge is 0.315 e. The molecule has 0 spiro atoms. The topological polar surface area (TPSA) is 54.0 Å². The maximum absolute atomic E-state index is 12.1. The molecule has 6 heteroatoms. The number of nitrogens with zero attached hydrogens (tertiary/aromatic N) is 1. The highest BCUT2D eigenvalue weighted by molar-refractivity contribution is 7.99. The lowest BCUT2D eigenvalue weighted by Gasteiger charge is -2.21. The second kappa shape index (κ2) is 6.57. The van der Waals surface area contributed by atoms with Crippen LogP contribution in [0.4, 0.5) is 4.79 Å². The number of rotatable bonds is 5. The van der Waals surface area contributed by atoms with E-state index >= 15 is 0 Å². The summed E-state index contributed by atoms with van der Waals surface area (Å²) >= 11 is 3.58. The predicted molar refractivity (Wildman–Crippen MR) is 89.1 cm³/mol. The van der Waals surface area contributed by atoms with E-state index in [-0.39, 0.29) is 12.1 Å². The second-order valence-electron chi connectivity index (χ2n) is 6.04. The van der Waals surface area contributed by atoms with Gasteiger partial charge < -0.3 is 10.6 Å². The number of thiazole rings is 1. The van der Waals surface area contributed by atoms with Crippen molar-refractivity contribution in [2.45, 2.75) is 62.3 Å². The minimum atomic E-state index is -0.0607.